The van der Waals surface area contributed by atoms with Crippen molar-refractivity contribution in [2.24, 2.45) is 0 Å². The predicted octanol–water partition coefficient (Wildman–Crippen LogP) is 2.77. The third kappa shape index (κ3) is 8.83. The topological polar surface area (TPSA) is 99.2 Å². The summed E-state index contributed by atoms with van der Waals surface area (Å²) >= 11 is 0. The van der Waals surface area contributed by atoms with Gasteiger partial charge in [-0.15, -0.1) is 0 Å². The Morgan fingerprint density at radius 1 is 0.926 bits per heavy atom. The molecule has 0 aromatic heterocycles. The Morgan fingerprint density at radius 3 is 2.11 bits per heavy atom. The van der Waals surface area contributed by atoms with Gasteiger partial charge in [-0.1, -0.05) is 33.7 Å². The van der Waals surface area contributed by atoms with Crippen LogP contribution in [0.15, 0.2) is 24.3 Å². The molecule has 0 radical (unpaired) electrons. The number of esters is 2. The lowest BCUT2D eigenvalue weighted by atomic mass is 10.2. The van der Waals surface area contributed by atoms with Gasteiger partial charge in [0.2, 0.25) is 0 Å². The van der Waals surface area contributed by atoms with E-state index in [9.17, 15) is 19.2 Å². The molecule has 0 bridgehead atoms. The van der Waals surface area contributed by atoms with E-state index in [1.807, 2.05) is 0 Å². The van der Waals surface area contributed by atoms with Gasteiger partial charge in [-0.25, -0.2) is 9.69 Å². The van der Waals surface area contributed by atoms with Crippen molar-refractivity contribution in [3.63, 3.8) is 0 Å². The highest BCUT2D eigenvalue weighted by Crippen LogP contribution is 2.21. The van der Waals surface area contributed by atoms with E-state index in [4.69, 9.17) is 14.2 Å². The second-order valence-electron chi connectivity index (χ2n) is 5.05. The number of hydrogen-bond donors (Lipinski definition) is 0. The van der Waals surface area contributed by atoms with E-state index in [0.29, 0.717) is 18.1 Å². The molecule has 0 aliphatic carbocycles. The average molecular weight is 415 g/mol. The Kier molecular flexibility index (Phi) is 10.3. The molecule has 8 nitrogen and oxygen atoms in total. The molecular weight excluding hydrogens is 394 g/mol. The first kappa shape index (κ1) is 22.8. The molecule has 0 aliphatic heterocycles. The fourth-order valence-corrected chi connectivity index (χ4v) is 3.40. The van der Waals surface area contributed by atoms with E-state index >= 15 is 0 Å². The zero-order chi connectivity index (χ0) is 20.2. The number of benzene rings is 1. The molecule has 0 saturated carbocycles. The SMILES string of the molecule is CC(=O)OCCSSCCOC(=O)N(C)C(=O)c1ccccc1OC(C)=O. The molecule has 0 fully saturated rings. The number of imide groups is 1. The molecule has 2 amide bonds. The standard InChI is InChI=1S/C17H21NO7S2/c1-12(19)23-8-10-26-27-11-9-24-17(22)18(3)16(21)14-6-4-5-7-15(14)25-13(2)20/h4-7H,8-11H2,1-3H3. The third-order valence-corrected chi connectivity index (χ3v) is 5.23. The Bertz CT molecular complexity index is 681. The van der Waals surface area contributed by atoms with Crippen LogP contribution in [0.3, 0.4) is 0 Å². The Labute approximate surface area is 165 Å². The van der Waals surface area contributed by atoms with E-state index < -0.39 is 18.0 Å². The van der Waals surface area contributed by atoms with Crippen LogP contribution in [0.1, 0.15) is 24.2 Å². The van der Waals surface area contributed by atoms with Gasteiger partial charge in [-0.3, -0.25) is 14.4 Å². The highest BCUT2D eigenvalue weighted by Gasteiger charge is 2.23. The largest absolute Gasteiger partial charge is 0.465 e. The van der Waals surface area contributed by atoms with Crippen molar-refractivity contribution < 1.29 is 33.4 Å². The summed E-state index contributed by atoms with van der Waals surface area (Å²) in [6.45, 7) is 3.01. The summed E-state index contributed by atoms with van der Waals surface area (Å²) in [5, 5.41) is 0. The lowest BCUT2D eigenvalue weighted by Crippen LogP contribution is -2.34. The van der Waals surface area contributed by atoms with Gasteiger partial charge in [-0.05, 0) is 12.1 Å². The fourth-order valence-electron chi connectivity index (χ4n) is 1.75. The van der Waals surface area contributed by atoms with Crippen molar-refractivity contribution in [3.8, 4) is 5.75 Å². The maximum absolute atomic E-state index is 12.4. The van der Waals surface area contributed by atoms with Crippen LogP contribution in [0.5, 0.6) is 5.75 Å². The number of para-hydroxylation sites is 1. The summed E-state index contributed by atoms with van der Waals surface area (Å²) in [5.41, 5.74) is 0.0857. The minimum Gasteiger partial charge on any atom is -0.465 e. The maximum atomic E-state index is 12.4. The average Bonchev–Trinajstić information content (AvgIpc) is 2.62. The molecule has 1 aromatic rings. The lowest BCUT2D eigenvalue weighted by molar-refractivity contribution is -0.140. The molecule has 1 aromatic carbocycles. The van der Waals surface area contributed by atoms with Gasteiger partial charge in [0.1, 0.15) is 19.0 Å². The number of ether oxygens (including phenoxy) is 3. The molecule has 0 N–H and O–H groups in total. The van der Waals surface area contributed by atoms with E-state index in [1.54, 1.807) is 12.1 Å². The van der Waals surface area contributed by atoms with Crippen LogP contribution in [-0.4, -0.2) is 60.6 Å². The lowest BCUT2D eigenvalue weighted by Gasteiger charge is -2.16. The van der Waals surface area contributed by atoms with Gasteiger partial charge in [0.15, 0.2) is 0 Å². The van der Waals surface area contributed by atoms with Crippen molar-refractivity contribution in [1.82, 2.24) is 4.90 Å². The highest BCUT2D eigenvalue weighted by atomic mass is 33.1. The maximum Gasteiger partial charge on any atom is 0.416 e. The van der Waals surface area contributed by atoms with Crippen LogP contribution < -0.4 is 4.74 Å². The summed E-state index contributed by atoms with van der Waals surface area (Å²) in [5.74, 6) is -0.303. The second-order valence-corrected chi connectivity index (χ2v) is 7.75. The third-order valence-electron chi connectivity index (χ3n) is 2.90. The minimum atomic E-state index is -0.803. The number of carbonyl (C=O) groups is 4. The van der Waals surface area contributed by atoms with Gasteiger partial charge in [-0.2, -0.15) is 0 Å². The van der Waals surface area contributed by atoms with Gasteiger partial charge >= 0.3 is 18.0 Å². The van der Waals surface area contributed by atoms with E-state index in [1.165, 1.54) is 54.6 Å². The molecule has 0 saturated heterocycles. The van der Waals surface area contributed by atoms with E-state index in [-0.39, 0.29) is 23.9 Å². The summed E-state index contributed by atoms with van der Waals surface area (Å²) in [7, 11) is 4.23. The quantitative estimate of drug-likeness (QED) is 0.261. The first-order valence-corrected chi connectivity index (χ1v) is 10.4. The molecule has 0 heterocycles. The van der Waals surface area contributed by atoms with E-state index in [2.05, 4.69) is 0 Å². The Morgan fingerprint density at radius 2 is 1.52 bits per heavy atom. The normalized spacial score (nSPS) is 10.0. The predicted molar refractivity (Wildman–Crippen MR) is 103 cm³/mol. The van der Waals surface area contributed by atoms with E-state index in [0.717, 1.165) is 4.90 Å². The summed E-state index contributed by atoms with van der Waals surface area (Å²) in [6, 6.07) is 6.14. The summed E-state index contributed by atoms with van der Waals surface area (Å²) in [4.78, 5) is 47.0. The van der Waals surface area contributed by atoms with Gasteiger partial charge < -0.3 is 14.2 Å². The van der Waals surface area contributed by atoms with Crippen molar-refractivity contribution in [2.45, 2.75) is 13.8 Å². The van der Waals surface area contributed by atoms with Gasteiger partial charge in [0.05, 0.1) is 5.56 Å². The van der Waals surface area contributed by atoms with Crippen LogP contribution in [0.25, 0.3) is 0 Å². The van der Waals surface area contributed by atoms with Crippen molar-refractivity contribution in [1.29, 1.82) is 0 Å². The molecule has 0 atom stereocenters. The molecule has 0 spiro atoms. The molecule has 27 heavy (non-hydrogen) atoms. The van der Waals surface area contributed by atoms with Crippen molar-refractivity contribution in [2.75, 3.05) is 31.8 Å². The van der Waals surface area contributed by atoms with Gasteiger partial charge in [0, 0.05) is 32.4 Å². The first-order valence-electron chi connectivity index (χ1n) is 7.93. The molecule has 10 heteroatoms. The summed E-state index contributed by atoms with van der Waals surface area (Å²) in [6.07, 6.45) is -0.803. The smallest absolute Gasteiger partial charge is 0.416 e. The number of nitrogens with zero attached hydrogens (tertiary/aromatic N) is 1. The van der Waals surface area contributed by atoms with Crippen molar-refractivity contribution >= 4 is 45.5 Å². The monoisotopic (exact) mass is 415 g/mol. The van der Waals surface area contributed by atoms with Crippen LogP contribution in [0.2, 0.25) is 0 Å². The molecule has 1 rings (SSSR count). The Hall–Kier alpha value is -2.20. The van der Waals surface area contributed by atoms with Crippen molar-refractivity contribution in [3.05, 3.63) is 29.8 Å². The molecular formula is C17H21NO7S2. The molecule has 0 aliphatic rings. The summed E-state index contributed by atoms with van der Waals surface area (Å²) < 4.78 is 14.8. The second kappa shape index (κ2) is 12.2. The van der Waals surface area contributed by atoms with Crippen LogP contribution in [0.4, 0.5) is 4.79 Å². The fraction of sp³-hybridized carbons (Fsp3) is 0.412. The van der Waals surface area contributed by atoms with Crippen LogP contribution >= 0.6 is 21.6 Å². The highest BCUT2D eigenvalue weighted by molar-refractivity contribution is 8.76. The minimum absolute atomic E-state index is 0.0781. The Balaban J connectivity index is 2.40. The van der Waals surface area contributed by atoms with Crippen LogP contribution in [0, 0.1) is 0 Å². The number of rotatable bonds is 9. The number of hydrogen-bond acceptors (Lipinski definition) is 9. The molecule has 0 unspecified atom stereocenters. The zero-order valence-electron chi connectivity index (χ0n) is 15.3. The molecule has 148 valence electrons. The first-order chi connectivity index (χ1) is 12.8. The number of amides is 2. The van der Waals surface area contributed by atoms with Gasteiger partial charge in [0.25, 0.3) is 5.91 Å². The zero-order valence-corrected chi connectivity index (χ0v) is 16.9. The number of carbonyl (C=O) groups excluding carboxylic acids is 4. The van der Waals surface area contributed by atoms with Crippen LogP contribution in [-0.2, 0) is 19.1 Å².